The first-order chi connectivity index (χ1) is 12.4. The minimum absolute atomic E-state index is 0.997. The van der Waals surface area contributed by atoms with E-state index in [0.29, 0.717) is 0 Å². The molecule has 4 rings (SSSR count). The molecule has 0 aliphatic carbocycles. The maximum atomic E-state index is 3.61. The summed E-state index contributed by atoms with van der Waals surface area (Å²) in [5.74, 6) is 0. The van der Waals surface area contributed by atoms with Crippen LogP contribution in [0.3, 0.4) is 0 Å². The second kappa shape index (κ2) is 6.98. The van der Waals surface area contributed by atoms with Crippen LogP contribution in [0.15, 0.2) is 78.9 Å². The normalized spacial score (nSPS) is 11.7. The molecule has 0 fully saturated rings. The SMILES string of the molecule is CCCC=CCc1ccc2c(c1)[nH]c1cccc(-c3ccccc3)c12. The van der Waals surface area contributed by atoms with E-state index in [1.807, 2.05) is 0 Å². The van der Waals surface area contributed by atoms with E-state index in [9.17, 15) is 0 Å². The van der Waals surface area contributed by atoms with Crippen LogP contribution in [0, 0.1) is 0 Å². The molecular weight excluding hydrogens is 302 g/mol. The molecule has 1 N–H and O–H groups in total. The van der Waals surface area contributed by atoms with Crippen molar-refractivity contribution in [3.8, 4) is 11.1 Å². The predicted molar refractivity (Wildman–Crippen MR) is 109 cm³/mol. The number of allylic oxidation sites excluding steroid dienone is 2. The van der Waals surface area contributed by atoms with E-state index >= 15 is 0 Å². The van der Waals surface area contributed by atoms with Gasteiger partial charge in [0.15, 0.2) is 0 Å². The fourth-order valence-corrected chi connectivity index (χ4v) is 3.49. The molecule has 0 unspecified atom stereocenters. The average molecular weight is 325 g/mol. The van der Waals surface area contributed by atoms with E-state index in [1.165, 1.54) is 44.9 Å². The van der Waals surface area contributed by atoms with Crippen molar-refractivity contribution < 1.29 is 0 Å². The third-order valence-corrected chi connectivity index (χ3v) is 4.75. The number of hydrogen-bond donors (Lipinski definition) is 1. The number of nitrogens with one attached hydrogen (secondary N) is 1. The lowest BCUT2D eigenvalue weighted by Crippen LogP contribution is -1.81. The van der Waals surface area contributed by atoms with E-state index in [4.69, 9.17) is 0 Å². The van der Waals surface area contributed by atoms with Gasteiger partial charge in [-0.3, -0.25) is 0 Å². The molecule has 0 saturated heterocycles. The van der Waals surface area contributed by atoms with Crippen molar-refractivity contribution in [2.24, 2.45) is 0 Å². The molecule has 1 heterocycles. The average Bonchev–Trinajstić information content (AvgIpc) is 3.04. The molecule has 124 valence electrons. The van der Waals surface area contributed by atoms with Crippen molar-refractivity contribution in [2.45, 2.75) is 26.2 Å². The minimum atomic E-state index is 0.997. The van der Waals surface area contributed by atoms with E-state index in [1.54, 1.807) is 0 Å². The minimum Gasteiger partial charge on any atom is -0.354 e. The molecule has 0 radical (unpaired) electrons. The van der Waals surface area contributed by atoms with Gasteiger partial charge in [-0.05, 0) is 41.7 Å². The summed E-state index contributed by atoms with van der Waals surface area (Å²) in [5, 5.41) is 2.62. The quantitative estimate of drug-likeness (QED) is 0.385. The lowest BCUT2D eigenvalue weighted by molar-refractivity contribution is 0.953. The van der Waals surface area contributed by atoms with Crippen LogP contribution in [0.25, 0.3) is 32.9 Å². The van der Waals surface area contributed by atoms with Crippen molar-refractivity contribution in [3.05, 3.63) is 84.4 Å². The molecule has 1 aromatic heterocycles. The Morgan fingerprint density at radius 2 is 1.72 bits per heavy atom. The Labute approximate surface area is 149 Å². The van der Waals surface area contributed by atoms with Crippen molar-refractivity contribution in [3.63, 3.8) is 0 Å². The van der Waals surface area contributed by atoms with Crippen molar-refractivity contribution in [2.75, 3.05) is 0 Å². The Bertz CT molecular complexity index is 1020. The van der Waals surface area contributed by atoms with Crippen LogP contribution in [-0.4, -0.2) is 4.98 Å². The fraction of sp³-hybridized carbons (Fsp3) is 0.167. The lowest BCUT2D eigenvalue weighted by atomic mass is 9.99. The first kappa shape index (κ1) is 15.7. The number of rotatable bonds is 5. The molecule has 0 spiro atoms. The Hall–Kier alpha value is -2.80. The van der Waals surface area contributed by atoms with Crippen LogP contribution in [0.2, 0.25) is 0 Å². The zero-order valence-corrected chi connectivity index (χ0v) is 14.6. The lowest BCUT2D eigenvalue weighted by Gasteiger charge is -2.04. The largest absolute Gasteiger partial charge is 0.354 e. The Morgan fingerprint density at radius 3 is 2.56 bits per heavy atom. The third kappa shape index (κ3) is 3.10. The smallest absolute Gasteiger partial charge is 0.0471 e. The number of fused-ring (bicyclic) bond motifs is 3. The Balaban J connectivity index is 1.80. The van der Waals surface area contributed by atoms with Gasteiger partial charge in [0.05, 0.1) is 0 Å². The maximum Gasteiger partial charge on any atom is 0.0471 e. The molecular formula is C24H23N. The molecule has 1 heteroatoms. The summed E-state index contributed by atoms with van der Waals surface area (Å²) in [4.78, 5) is 3.61. The van der Waals surface area contributed by atoms with E-state index in [-0.39, 0.29) is 0 Å². The highest BCUT2D eigenvalue weighted by Gasteiger charge is 2.10. The van der Waals surface area contributed by atoms with Crippen LogP contribution in [0.1, 0.15) is 25.3 Å². The second-order valence-electron chi connectivity index (χ2n) is 6.56. The Kier molecular flexibility index (Phi) is 4.39. The Morgan fingerprint density at radius 1 is 0.840 bits per heavy atom. The summed E-state index contributed by atoms with van der Waals surface area (Å²) < 4.78 is 0. The summed E-state index contributed by atoms with van der Waals surface area (Å²) in [7, 11) is 0. The highest BCUT2D eigenvalue weighted by atomic mass is 14.7. The molecule has 25 heavy (non-hydrogen) atoms. The van der Waals surface area contributed by atoms with Crippen LogP contribution >= 0.6 is 0 Å². The summed E-state index contributed by atoms with van der Waals surface area (Å²) in [6.07, 6.45) is 7.93. The van der Waals surface area contributed by atoms with Crippen LogP contribution in [0.5, 0.6) is 0 Å². The number of aromatic amines is 1. The number of hydrogen-bond acceptors (Lipinski definition) is 0. The fourth-order valence-electron chi connectivity index (χ4n) is 3.49. The number of unbranched alkanes of at least 4 members (excludes halogenated alkanes) is 1. The molecule has 0 saturated carbocycles. The molecule has 4 aromatic rings. The highest BCUT2D eigenvalue weighted by molar-refractivity contribution is 6.14. The topological polar surface area (TPSA) is 15.8 Å². The predicted octanol–water partition coefficient (Wildman–Crippen LogP) is 6.89. The first-order valence-electron chi connectivity index (χ1n) is 9.10. The zero-order chi connectivity index (χ0) is 17.1. The van der Waals surface area contributed by atoms with Gasteiger partial charge in [0.25, 0.3) is 0 Å². The molecule has 1 nitrogen and oxygen atoms in total. The molecule has 0 bridgehead atoms. The van der Waals surface area contributed by atoms with E-state index < -0.39 is 0 Å². The standard InChI is InChI=1S/C24H23N/c1-2-3-4-6-10-18-15-16-21-23(17-18)25-22-14-9-13-20(24(21)22)19-11-7-5-8-12-19/h4-9,11-17,25H,2-3,10H2,1H3. The van der Waals surface area contributed by atoms with Crippen molar-refractivity contribution in [1.29, 1.82) is 0 Å². The molecule has 3 aromatic carbocycles. The summed E-state index contributed by atoms with van der Waals surface area (Å²) in [6.45, 7) is 2.21. The summed E-state index contributed by atoms with van der Waals surface area (Å²) in [5.41, 5.74) is 6.34. The van der Waals surface area contributed by atoms with Crippen LogP contribution in [-0.2, 0) is 6.42 Å². The van der Waals surface area contributed by atoms with Gasteiger partial charge in [-0.1, -0.05) is 80.1 Å². The molecule has 0 atom stereocenters. The number of aromatic nitrogens is 1. The molecule has 0 amide bonds. The van der Waals surface area contributed by atoms with Gasteiger partial charge in [-0.25, -0.2) is 0 Å². The summed E-state index contributed by atoms with van der Waals surface area (Å²) >= 11 is 0. The van der Waals surface area contributed by atoms with Gasteiger partial charge >= 0.3 is 0 Å². The van der Waals surface area contributed by atoms with Gasteiger partial charge in [0.1, 0.15) is 0 Å². The van der Waals surface area contributed by atoms with Gasteiger partial charge in [-0.15, -0.1) is 0 Å². The molecule has 0 aliphatic heterocycles. The van der Waals surface area contributed by atoms with Gasteiger partial charge < -0.3 is 4.98 Å². The van der Waals surface area contributed by atoms with Gasteiger partial charge in [0, 0.05) is 21.8 Å². The molecule has 0 aliphatic rings. The van der Waals surface area contributed by atoms with Crippen molar-refractivity contribution >= 4 is 21.8 Å². The van der Waals surface area contributed by atoms with E-state index in [2.05, 4.69) is 90.8 Å². The van der Waals surface area contributed by atoms with E-state index in [0.717, 1.165) is 12.8 Å². The second-order valence-corrected chi connectivity index (χ2v) is 6.56. The highest BCUT2D eigenvalue weighted by Crippen LogP contribution is 2.34. The third-order valence-electron chi connectivity index (χ3n) is 4.75. The number of benzene rings is 3. The van der Waals surface area contributed by atoms with Crippen molar-refractivity contribution in [1.82, 2.24) is 4.98 Å². The first-order valence-corrected chi connectivity index (χ1v) is 9.10. The van der Waals surface area contributed by atoms with Crippen LogP contribution < -0.4 is 0 Å². The maximum absolute atomic E-state index is 3.61. The zero-order valence-electron chi connectivity index (χ0n) is 14.6. The van der Waals surface area contributed by atoms with Crippen LogP contribution in [0.4, 0.5) is 0 Å². The van der Waals surface area contributed by atoms with Gasteiger partial charge in [-0.2, -0.15) is 0 Å². The number of H-pyrrole nitrogens is 1. The monoisotopic (exact) mass is 325 g/mol. The van der Waals surface area contributed by atoms with Gasteiger partial charge in [0.2, 0.25) is 0 Å². The summed E-state index contributed by atoms with van der Waals surface area (Å²) in [6, 6.07) is 24.0.